The third-order valence-electron chi connectivity index (χ3n) is 3.08. The molecule has 0 aliphatic carbocycles. The quantitative estimate of drug-likeness (QED) is 0.911. The molecule has 112 valence electrons. The summed E-state index contributed by atoms with van der Waals surface area (Å²) in [4.78, 5) is 3.82. The van der Waals surface area contributed by atoms with Crippen LogP contribution in [0.2, 0.25) is 0 Å². The van der Waals surface area contributed by atoms with Gasteiger partial charge in [-0.3, -0.25) is 4.98 Å². The van der Waals surface area contributed by atoms with Gasteiger partial charge < -0.3 is 5.32 Å². The molecule has 0 aliphatic rings. The first-order valence-electron chi connectivity index (χ1n) is 6.72. The van der Waals surface area contributed by atoms with E-state index in [1.807, 2.05) is 19.9 Å². The van der Waals surface area contributed by atoms with Gasteiger partial charge in [-0.25, -0.2) is 0 Å². The van der Waals surface area contributed by atoms with Crippen molar-refractivity contribution in [2.24, 2.45) is 0 Å². The number of aromatic nitrogens is 1. The van der Waals surface area contributed by atoms with Crippen LogP contribution in [-0.4, -0.2) is 11.0 Å². The summed E-state index contributed by atoms with van der Waals surface area (Å²) >= 11 is 0. The fourth-order valence-corrected chi connectivity index (χ4v) is 2.04. The lowest BCUT2D eigenvalue weighted by Gasteiger charge is -2.13. The molecule has 1 aromatic heterocycles. The Morgan fingerprint density at radius 1 is 1.19 bits per heavy atom. The number of halogens is 3. The van der Waals surface area contributed by atoms with Crippen LogP contribution in [0.1, 0.15) is 25.0 Å². The van der Waals surface area contributed by atoms with Crippen LogP contribution < -0.4 is 5.32 Å². The summed E-state index contributed by atoms with van der Waals surface area (Å²) in [6.07, 6.45) is -1.96. The van der Waals surface area contributed by atoms with Gasteiger partial charge in [0.05, 0.1) is 5.56 Å². The zero-order valence-corrected chi connectivity index (χ0v) is 11.9. The minimum Gasteiger partial charge on any atom is -0.310 e. The lowest BCUT2D eigenvalue weighted by molar-refractivity contribution is -0.137. The van der Waals surface area contributed by atoms with Crippen molar-refractivity contribution in [3.63, 3.8) is 0 Å². The van der Waals surface area contributed by atoms with Gasteiger partial charge in [-0.2, -0.15) is 13.2 Å². The summed E-state index contributed by atoms with van der Waals surface area (Å²) in [6.45, 7) is 4.66. The van der Waals surface area contributed by atoms with Crippen molar-refractivity contribution < 1.29 is 13.2 Å². The highest BCUT2D eigenvalue weighted by Crippen LogP contribution is 2.36. The zero-order valence-electron chi connectivity index (χ0n) is 11.9. The number of benzene rings is 1. The Morgan fingerprint density at radius 2 is 1.95 bits per heavy atom. The van der Waals surface area contributed by atoms with Crippen molar-refractivity contribution in [3.8, 4) is 11.1 Å². The lowest BCUT2D eigenvalue weighted by atomic mass is 10.00. The van der Waals surface area contributed by atoms with E-state index in [9.17, 15) is 13.2 Å². The largest absolute Gasteiger partial charge is 0.417 e. The molecule has 0 aliphatic heterocycles. The van der Waals surface area contributed by atoms with Gasteiger partial charge in [0.25, 0.3) is 0 Å². The molecule has 0 spiro atoms. The maximum atomic E-state index is 13.0. The number of pyridine rings is 1. The van der Waals surface area contributed by atoms with Gasteiger partial charge >= 0.3 is 6.18 Å². The van der Waals surface area contributed by atoms with Crippen LogP contribution in [0.5, 0.6) is 0 Å². The summed E-state index contributed by atoms with van der Waals surface area (Å²) in [5.41, 5.74) is 0.916. The number of hydrogen-bond acceptors (Lipinski definition) is 2. The predicted octanol–water partition coefficient (Wildman–Crippen LogP) is 4.27. The molecule has 2 rings (SSSR count). The first kappa shape index (κ1) is 15.5. The summed E-state index contributed by atoms with van der Waals surface area (Å²) in [6, 6.07) is 8.42. The molecule has 0 unspecified atom stereocenters. The fourth-order valence-electron chi connectivity index (χ4n) is 2.04. The number of hydrogen-bond donors (Lipinski definition) is 1. The van der Waals surface area contributed by atoms with Gasteiger partial charge in [-0.1, -0.05) is 32.0 Å². The molecule has 5 heteroatoms. The predicted molar refractivity (Wildman–Crippen MR) is 76.7 cm³/mol. The molecular weight excluding hydrogens is 277 g/mol. The Bertz CT molecular complexity index is 606. The Hall–Kier alpha value is -1.88. The number of nitrogens with zero attached hydrogens (tertiary/aromatic N) is 1. The average Bonchev–Trinajstić information content (AvgIpc) is 2.44. The average molecular weight is 294 g/mol. The van der Waals surface area contributed by atoms with E-state index in [1.165, 1.54) is 6.20 Å². The van der Waals surface area contributed by atoms with E-state index >= 15 is 0 Å². The summed E-state index contributed by atoms with van der Waals surface area (Å²) in [5.74, 6) is 0. The maximum absolute atomic E-state index is 13.0. The highest BCUT2D eigenvalue weighted by Gasteiger charge is 2.33. The third kappa shape index (κ3) is 4.04. The normalized spacial score (nSPS) is 11.9. The van der Waals surface area contributed by atoms with Crippen LogP contribution in [-0.2, 0) is 12.7 Å². The summed E-state index contributed by atoms with van der Waals surface area (Å²) in [7, 11) is 0. The van der Waals surface area contributed by atoms with Crippen LogP contribution in [0.15, 0.2) is 42.7 Å². The molecule has 0 saturated heterocycles. The lowest BCUT2D eigenvalue weighted by Crippen LogP contribution is -2.21. The molecule has 0 atom stereocenters. The van der Waals surface area contributed by atoms with E-state index < -0.39 is 11.7 Å². The van der Waals surface area contributed by atoms with E-state index in [-0.39, 0.29) is 5.56 Å². The van der Waals surface area contributed by atoms with Crippen LogP contribution in [0, 0.1) is 0 Å². The van der Waals surface area contributed by atoms with E-state index in [4.69, 9.17) is 0 Å². The first-order valence-corrected chi connectivity index (χ1v) is 6.72. The number of rotatable bonds is 4. The molecular formula is C16H17F3N2. The molecule has 0 radical (unpaired) electrons. The first-order chi connectivity index (χ1) is 9.88. The SMILES string of the molecule is CC(C)NCc1cccc(-c2cnccc2C(F)(F)F)c1. The Labute approximate surface area is 122 Å². The second-order valence-corrected chi connectivity index (χ2v) is 5.15. The minimum atomic E-state index is -4.38. The van der Waals surface area contributed by atoms with E-state index in [0.29, 0.717) is 18.2 Å². The van der Waals surface area contributed by atoms with Gasteiger partial charge in [0, 0.05) is 30.5 Å². The molecule has 21 heavy (non-hydrogen) atoms. The highest BCUT2D eigenvalue weighted by atomic mass is 19.4. The van der Waals surface area contributed by atoms with Crippen LogP contribution in [0.3, 0.4) is 0 Å². The molecule has 1 heterocycles. The molecule has 1 aromatic carbocycles. The van der Waals surface area contributed by atoms with Crippen molar-refractivity contribution in [3.05, 3.63) is 53.9 Å². The maximum Gasteiger partial charge on any atom is 0.417 e. The summed E-state index contributed by atoms with van der Waals surface area (Å²) < 4.78 is 39.1. The molecule has 1 N–H and O–H groups in total. The Morgan fingerprint density at radius 3 is 2.62 bits per heavy atom. The third-order valence-corrected chi connectivity index (χ3v) is 3.08. The topological polar surface area (TPSA) is 24.9 Å². The number of alkyl halides is 3. The zero-order chi connectivity index (χ0) is 15.5. The van der Waals surface area contributed by atoms with Crippen molar-refractivity contribution in [2.75, 3.05) is 0 Å². The van der Waals surface area contributed by atoms with Gasteiger partial charge in [-0.15, -0.1) is 0 Å². The smallest absolute Gasteiger partial charge is 0.310 e. The van der Waals surface area contributed by atoms with E-state index in [1.54, 1.807) is 18.2 Å². The molecule has 0 fully saturated rings. The Kier molecular flexibility index (Phi) is 4.63. The van der Waals surface area contributed by atoms with Gasteiger partial charge in [0.15, 0.2) is 0 Å². The van der Waals surface area contributed by atoms with E-state index in [0.717, 1.165) is 17.8 Å². The van der Waals surface area contributed by atoms with Crippen molar-refractivity contribution in [2.45, 2.75) is 32.6 Å². The fraction of sp³-hybridized carbons (Fsp3) is 0.312. The van der Waals surface area contributed by atoms with Gasteiger partial charge in [-0.05, 0) is 23.3 Å². The summed E-state index contributed by atoms with van der Waals surface area (Å²) in [5, 5.41) is 3.25. The molecule has 0 bridgehead atoms. The standard InChI is InChI=1S/C16H17F3N2/c1-11(2)21-9-12-4-3-5-13(8-12)14-10-20-7-6-15(14)16(17,18)19/h3-8,10-11,21H,9H2,1-2H3. The van der Waals surface area contributed by atoms with Crippen LogP contribution in [0.25, 0.3) is 11.1 Å². The second kappa shape index (κ2) is 6.26. The highest BCUT2D eigenvalue weighted by molar-refractivity contribution is 5.67. The van der Waals surface area contributed by atoms with Crippen molar-refractivity contribution in [1.29, 1.82) is 0 Å². The van der Waals surface area contributed by atoms with Crippen molar-refractivity contribution >= 4 is 0 Å². The van der Waals surface area contributed by atoms with Gasteiger partial charge in [0.2, 0.25) is 0 Å². The van der Waals surface area contributed by atoms with Crippen LogP contribution >= 0.6 is 0 Å². The Balaban J connectivity index is 2.37. The molecule has 2 aromatic rings. The molecule has 0 saturated carbocycles. The second-order valence-electron chi connectivity index (χ2n) is 5.15. The van der Waals surface area contributed by atoms with Crippen LogP contribution in [0.4, 0.5) is 13.2 Å². The minimum absolute atomic E-state index is 0.108. The van der Waals surface area contributed by atoms with Crippen molar-refractivity contribution in [1.82, 2.24) is 10.3 Å². The van der Waals surface area contributed by atoms with Gasteiger partial charge in [0.1, 0.15) is 0 Å². The monoisotopic (exact) mass is 294 g/mol. The molecule has 2 nitrogen and oxygen atoms in total. The van der Waals surface area contributed by atoms with E-state index in [2.05, 4.69) is 10.3 Å². The number of nitrogens with one attached hydrogen (secondary N) is 1. The molecule has 0 amide bonds.